The molecule has 7 rings (SSSR count). The van der Waals surface area contributed by atoms with Gasteiger partial charge in [0.1, 0.15) is 0 Å². The molecule has 3 aromatic rings. The third-order valence-electron chi connectivity index (χ3n) is 7.84. The molecule has 0 N–H and O–H groups in total. The van der Waals surface area contributed by atoms with Crippen molar-refractivity contribution < 1.29 is 9.59 Å². The molecule has 3 aliphatic carbocycles. The van der Waals surface area contributed by atoms with Crippen LogP contribution >= 0.6 is 15.9 Å². The Morgan fingerprint density at radius 1 is 0.812 bits per heavy atom. The van der Waals surface area contributed by atoms with E-state index >= 15 is 0 Å². The Morgan fingerprint density at radius 3 is 2.00 bits per heavy atom. The van der Waals surface area contributed by atoms with Crippen LogP contribution in [-0.4, -0.2) is 11.8 Å². The van der Waals surface area contributed by atoms with E-state index in [2.05, 4.69) is 72.2 Å². The van der Waals surface area contributed by atoms with Gasteiger partial charge in [-0.1, -0.05) is 68.4 Å². The van der Waals surface area contributed by atoms with Crippen LogP contribution in [0.5, 0.6) is 0 Å². The highest BCUT2D eigenvalue weighted by Crippen LogP contribution is 2.61. The molecular formula is C28H24BrNO2. The molecule has 1 aliphatic heterocycles. The Balaban J connectivity index is 1.56. The van der Waals surface area contributed by atoms with E-state index < -0.39 is 0 Å². The maximum Gasteiger partial charge on any atom is 0.238 e. The van der Waals surface area contributed by atoms with Gasteiger partial charge < -0.3 is 0 Å². The van der Waals surface area contributed by atoms with Crippen LogP contribution in [0.15, 0.2) is 71.2 Å². The highest BCUT2D eigenvalue weighted by Gasteiger charge is 2.62. The van der Waals surface area contributed by atoms with E-state index in [0.717, 1.165) is 10.9 Å². The van der Waals surface area contributed by atoms with Gasteiger partial charge in [0, 0.05) is 16.3 Å². The van der Waals surface area contributed by atoms with Gasteiger partial charge in [-0.15, -0.1) is 0 Å². The van der Waals surface area contributed by atoms with Crippen LogP contribution < -0.4 is 4.90 Å². The van der Waals surface area contributed by atoms with Gasteiger partial charge in [0.25, 0.3) is 0 Å². The molecule has 160 valence electrons. The van der Waals surface area contributed by atoms with Crippen LogP contribution in [-0.2, 0) is 9.59 Å². The SMILES string of the molecule is CC[C@@H](C)c1ccc2c(c1)[C@@H]1c3ccccc3[C@@H]2[C@@H]2C(=O)N(c3ccccc3Br)C(=O)[C@H]12. The zero-order chi connectivity index (χ0) is 22.1. The van der Waals surface area contributed by atoms with Crippen molar-refractivity contribution in [3.05, 3.63) is 99.0 Å². The van der Waals surface area contributed by atoms with Crippen molar-refractivity contribution in [2.75, 3.05) is 4.90 Å². The Hall–Kier alpha value is -2.72. The second-order valence-electron chi connectivity index (χ2n) is 9.30. The summed E-state index contributed by atoms with van der Waals surface area (Å²) >= 11 is 3.55. The number of halogens is 1. The number of hydrogen-bond acceptors (Lipinski definition) is 2. The molecule has 2 amide bonds. The fourth-order valence-corrected chi connectivity index (χ4v) is 6.62. The lowest BCUT2D eigenvalue weighted by atomic mass is 9.54. The minimum atomic E-state index is -0.353. The zero-order valence-electron chi connectivity index (χ0n) is 18.1. The summed E-state index contributed by atoms with van der Waals surface area (Å²) in [6.07, 6.45) is 1.07. The third-order valence-corrected chi connectivity index (χ3v) is 8.51. The van der Waals surface area contributed by atoms with Crippen molar-refractivity contribution in [1.29, 1.82) is 0 Å². The number of imide groups is 1. The molecule has 4 heteroatoms. The number of benzene rings is 3. The normalized spacial score (nSPS) is 26.0. The van der Waals surface area contributed by atoms with E-state index in [9.17, 15) is 9.59 Å². The van der Waals surface area contributed by atoms with Crippen LogP contribution in [0.3, 0.4) is 0 Å². The Bertz CT molecular complexity index is 1280. The first kappa shape index (κ1) is 19.9. The first-order valence-electron chi connectivity index (χ1n) is 11.4. The number of hydrogen-bond donors (Lipinski definition) is 0. The van der Waals surface area contributed by atoms with E-state index in [1.54, 1.807) is 0 Å². The lowest BCUT2D eigenvalue weighted by Gasteiger charge is -2.46. The van der Waals surface area contributed by atoms with Crippen LogP contribution in [0, 0.1) is 11.8 Å². The summed E-state index contributed by atoms with van der Waals surface area (Å²) in [7, 11) is 0. The zero-order valence-corrected chi connectivity index (χ0v) is 19.7. The molecule has 3 nitrogen and oxygen atoms in total. The second kappa shape index (κ2) is 7.14. The lowest BCUT2D eigenvalue weighted by Crippen LogP contribution is -2.41. The first-order chi connectivity index (χ1) is 15.5. The topological polar surface area (TPSA) is 37.4 Å². The van der Waals surface area contributed by atoms with Crippen LogP contribution in [0.1, 0.15) is 65.8 Å². The largest absolute Gasteiger partial charge is 0.274 e. The maximum atomic E-state index is 13.9. The Morgan fingerprint density at radius 2 is 1.38 bits per heavy atom. The maximum absolute atomic E-state index is 13.9. The number of carbonyl (C=O) groups is 2. The average molecular weight is 486 g/mol. The molecule has 0 saturated carbocycles. The van der Waals surface area contributed by atoms with Crippen molar-refractivity contribution in [1.82, 2.24) is 0 Å². The molecule has 1 heterocycles. The summed E-state index contributed by atoms with van der Waals surface area (Å²) in [4.78, 5) is 29.1. The molecule has 0 unspecified atom stereocenters. The molecule has 2 bridgehead atoms. The highest BCUT2D eigenvalue weighted by atomic mass is 79.9. The van der Waals surface area contributed by atoms with Crippen molar-refractivity contribution in [2.24, 2.45) is 11.8 Å². The van der Waals surface area contributed by atoms with E-state index in [-0.39, 0.29) is 35.5 Å². The standard InChI is InChI=1S/C28H24BrNO2/c1-3-15(2)16-12-13-19-20(14-16)24-18-9-5-4-8-17(18)23(19)25-26(24)28(32)30(27(25)31)22-11-7-6-10-21(22)29/h4-15,23-26H,3H2,1-2H3/t15-,23+,24+,25+,26-/m1/s1. The van der Waals surface area contributed by atoms with Crippen molar-refractivity contribution in [2.45, 2.75) is 38.0 Å². The third kappa shape index (κ3) is 2.53. The number of anilines is 1. The first-order valence-corrected chi connectivity index (χ1v) is 12.2. The monoisotopic (exact) mass is 485 g/mol. The number of nitrogens with zero attached hydrogens (tertiary/aromatic N) is 1. The number of rotatable bonds is 3. The molecule has 5 atom stereocenters. The van der Waals surface area contributed by atoms with Crippen molar-refractivity contribution in [3.8, 4) is 0 Å². The van der Waals surface area contributed by atoms with E-state index in [4.69, 9.17) is 0 Å². The fraction of sp³-hybridized carbons (Fsp3) is 0.286. The fourth-order valence-electron chi connectivity index (χ4n) is 6.16. The predicted molar refractivity (Wildman–Crippen MR) is 129 cm³/mol. The van der Waals surface area contributed by atoms with Gasteiger partial charge in [-0.2, -0.15) is 0 Å². The van der Waals surface area contributed by atoms with Gasteiger partial charge in [0.2, 0.25) is 11.8 Å². The molecule has 1 fully saturated rings. The van der Waals surface area contributed by atoms with E-state index in [1.807, 2.05) is 24.3 Å². The van der Waals surface area contributed by atoms with Crippen LogP contribution in [0.2, 0.25) is 0 Å². The molecule has 1 saturated heterocycles. The summed E-state index contributed by atoms with van der Waals surface area (Å²) in [5.74, 6) is -0.547. The van der Waals surface area contributed by atoms with Gasteiger partial charge in [-0.25, -0.2) is 4.90 Å². The summed E-state index contributed by atoms with van der Waals surface area (Å²) in [6, 6.07) is 22.7. The molecule has 0 spiro atoms. The van der Waals surface area contributed by atoms with Gasteiger partial charge in [0.15, 0.2) is 0 Å². The summed E-state index contributed by atoms with van der Waals surface area (Å²) in [5, 5.41) is 0. The number of carbonyl (C=O) groups excluding carboxylic acids is 2. The van der Waals surface area contributed by atoms with Gasteiger partial charge in [-0.3, -0.25) is 9.59 Å². The van der Waals surface area contributed by atoms with Crippen LogP contribution in [0.25, 0.3) is 0 Å². The molecule has 4 aliphatic rings. The van der Waals surface area contributed by atoms with Gasteiger partial charge in [0.05, 0.1) is 17.5 Å². The molecular weight excluding hydrogens is 462 g/mol. The smallest absolute Gasteiger partial charge is 0.238 e. The van der Waals surface area contributed by atoms with Crippen molar-refractivity contribution in [3.63, 3.8) is 0 Å². The molecule has 32 heavy (non-hydrogen) atoms. The van der Waals surface area contributed by atoms with E-state index in [0.29, 0.717) is 11.6 Å². The quantitative estimate of drug-likeness (QED) is 0.404. The Kier molecular flexibility index (Phi) is 4.45. The van der Waals surface area contributed by atoms with E-state index in [1.165, 1.54) is 32.7 Å². The molecule has 0 radical (unpaired) electrons. The Labute approximate surface area is 196 Å². The van der Waals surface area contributed by atoms with Crippen LogP contribution in [0.4, 0.5) is 5.69 Å². The summed E-state index contributed by atoms with van der Waals surface area (Å²) < 4.78 is 0.766. The highest BCUT2D eigenvalue weighted by molar-refractivity contribution is 9.10. The number of amides is 2. The molecule has 0 aromatic heterocycles. The molecule has 3 aromatic carbocycles. The summed E-state index contributed by atoms with van der Waals surface area (Å²) in [5.41, 5.74) is 6.83. The van der Waals surface area contributed by atoms with Gasteiger partial charge in [-0.05, 0) is 68.2 Å². The predicted octanol–water partition coefficient (Wildman–Crippen LogP) is 6.36. The number of para-hydroxylation sites is 1. The average Bonchev–Trinajstić information content (AvgIpc) is 3.09. The minimum absolute atomic E-state index is 0.0732. The lowest BCUT2D eigenvalue weighted by molar-refractivity contribution is -0.122. The minimum Gasteiger partial charge on any atom is -0.274 e. The second-order valence-corrected chi connectivity index (χ2v) is 10.2. The summed E-state index contributed by atoms with van der Waals surface area (Å²) in [6.45, 7) is 4.45. The van der Waals surface area contributed by atoms with Gasteiger partial charge >= 0.3 is 0 Å². The van der Waals surface area contributed by atoms with Crippen molar-refractivity contribution >= 4 is 33.4 Å².